The summed E-state index contributed by atoms with van der Waals surface area (Å²) in [7, 11) is 0. The first-order valence-electron chi connectivity index (χ1n) is 17.1. The van der Waals surface area contributed by atoms with Gasteiger partial charge in [-0.2, -0.15) is 26.3 Å². The van der Waals surface area contributed by atoms with Crippen LogP contribution in [0, 0.1) is 0 Å². The van der Waals surface area contributed by atoms with Crippen molar-refractivity contribution in [1.82, 2.24) is 34.8 Å². The molecule has 0 radical (unpaired) electrons. The number of rotatable bonds is 7. The minimum atomic E-state index is -5.19. The molecule has 0 bridgehead atoms. The number of carbonyl (C=O) groups excluding carboxylic acids is 2. The molecule has 4 heterocycles. The Morgan fingerprint density at radius 1 is 0.843 bits per heavy atom. The zero-order valence-electron chi connectivity index (χ0n) is 27.8. The number of hydrogen-bond acceptors (Lipinski definition) is 6. The van der Waals surface area contributed by atoms with Crippen LogP contribution in [0.5, 0.6) is 0 Å². The maximum Gasteiger partial charge on any atom is 0.418 e. The third-order valence-corrected chi connectivity index (χ3v) is 10.1. The van der Waals surface area contributed by atoms with E-state index in [-0.39, 0.29) is 25.2 Å². The number of nitrogen functional groups attached to an aromatic ring is 1. The number of hydrogen-bond donors (Lipinski definition) is 3. The number of anilines is 1. The first-order chi connectivity index (χ1) is 24.2. The van der Waals surface area contributed by atoms with Gasteiger partial charge in [0.15, 0.2) is 5.82 Å². The topological polar surface area (TPSA) is 133 Å². The summed E-state index contributed by atoms with van der Waals surface area (Å²) in [5.41, 5.74) is 0.440. The van der Waals surface area contributed by atoms with Gasteiger partial charge >= 0.3 is 24.1 Å². The average molecular weight is 723 g/mol. The van der Waals surface area contributed by atoms with Crippen LogP contribution in [0.1, 0.15) is 61.3 Å². The summed E-state index contributed by atoms with van der Waals surface area (Å²) in [4.78, 5) is 48.3. The van der Waals surface area contributed by atoms with Crippen LogP contribution in [0.2, 0.25) is 0 Å². The van der Waals surface area contributed by atoms with E-state index in [4.69, 9.17) is 5.73 Å². The van der Waals surface area contributed by atoms with Crippen LogP contribution >= 0.6 is 0 Å². The second kappa shape index (κ2) is 14.6. The number of nitrogens with zero attached hydrogens (tertiary/aromatic N) is 5. The number of benzene rings is 2. The van der Waals surface area contributed by atoms with Gasteiger partial charge in [0.1, 0.15) is 6.04 Å². The molecule has 3 amide bonds. The van der Waals surface area contributed by atoms with E-state index in [0.29, 0.717) is 56.7 Å². The Morgan fingerprint density at radius 3 is 1.96 bits per heavy atom. The number of nitrogens with one attached hydrogen (secondary N) is 2. The molecule has 17 heteroatoms. The quantitative estimate of drug-likeness (QED) is 0.235. The molecule has 3 saturated heterocycles. The number of halogens is 6. The molecule has 3 aliphatic heterocycles. The smallest absolute Gasteiger partial charge is 0.398 e. The van der Waals surface area contributed by atoms with E-state index < -0.39 is 64.8 Å². The molecule has 276 valence electrons. The number of carbonyl (C=O) groups is 2. The highest BCUT2D eigenvalue weighted by molar-refractivity contribution is 5.87. The van der Waals surface area contributed by atoms with Gasteiger partial charge in [0.2, 0.25) is 5.91 Å². The fraction of sp³-hybridized carbons (Fsp3) is 0.529. The van der Waals surface area contributed by atoms with Crippen LogP contribution in [0.25, 0.3) is 11.4 Å². The minimum absolute atomic E-state index is 0.164. The van der Waals surface area contributed by atoms with Gasteiger partial charge in [0.25, 0.3) is 0 Å². The van der Waals surface area contributed by atoms with Gasteiger partial charge in [-0.25, -0.2) is 14.3 Å². The maximum absolute atomic E-state index is 13.9. The predicted octanol–water partition coefficient (Wildman–Crippen LogP) is 4.90. The number of piperidine rings is 2. The Kier molecular flexibility index (Phi) is 10.4. The van der Waals surface area contributed by atoms with E-state index in [2.05, 4.69) is 20.3 Å². The molecule has 11 nitrogen and oxygen atoms in total. The molecule has 0 saturated carbocycles. The van der Waals surface area contributed by atoms with Crippen molar-refractivity contribution < 1.29 is 35.9 Å². The van der Waals surface area contributed by atoms with E-state index >= 15 is 0 Å². The number of urea groups is 1. The molecule has 3 fully saturated rings. The normalized spacial score (nSPS) is 19.0. The lowest BCUT2D eigenvalue weighted by Gasteiger charge is -2.38. The molecule has 51 heavy (non-hydrogen) atoms. The molecule has 0 aliphatic carbocycles. The Morgan fingerprint density at radius 2 is 1.39 bits per heavy atom. The predicted molar refractivity (Wildman–Crippen MR) is 175 cm³/mol. The number of amides is 3. The molecule has 3 aromatic rings. The summed E-state index contributed by atoms with van der Waals surface area (Å²) in [5, 5.41) is 7.06. The lowest BCUT2D eigenvalue weighted by atomic mass is 9.96. The monoisotopic (exact) mass is 722 g/mol. The van der Waals surface area contributed by atoms with E-state index in [0.717, 1.165) is 31.5 Å². The van der Waals surface area contributed by atoms with Crippen molar-refractivity contribution in [2.24, 2.45) is 0 Å². The molecule has 2 aromatic carbocycles. The van der Waals surface area contributed by atoms with Gasteiger partial charge in [-0.1, -0.05) is 30.3 Å². The first kappa shape index (κ1) is 36.3. The molecule has 0 spiro atoms. The van der Waals surface area contributed by atoms with Crippen molar-refractivity contribution in [3.63, 3.8) is 0 Å². The molecule has 1 aromatic heterocycles. The number of nitrogens with two attached hydrogens (primary N) is 1. The number of aromatic amines is 1. The number of aromatic nitrogens is 3. The van der Waals surface area contributed by atoms with Crippen molar-refractivity contribution >= 4 is 17.6 Å². The van der Waals surface area contributed by atoms with E-state index in [1.54, 1.807) is 12.1 Å². The van der Waals surface area contributed by atoms with Crippen LogP contribution in [0.4, 0.5) is 36.8 Å². The van der Waals surface area contributed by atoms with Gasteiger partial charge in [-0.05, 0) is 69.3 Å². The van der Waals surface area contributed by atoms with E-state index in [1.165, 1.54) is 14.5 Å². The van der Waals surface area contributed by atoms with Crippen molar-refractivity contribution in [2.75, 3.05) is 45.0 Å². The van der Waals surface area contributed by atoms with Gasteiger partial charge in [0, 0.05) is 44.2 Å². The summed E-state index contributed by atoms with van der Waals surface area (Å²) in [6.07, 6.45) is -6.80. The highest BCUT2D eigenvalue weighted by Crippen LogP contribution is 2.42. The summed E-state index contributed by atoms with van der Waals surface area (Å²) < 4.78 is 84.4. The Bertz CT molecular complexity index is 1720. The van der Waals surface area contributed by atoms with E-state index in [1.807, 2.05) is 18.2 Å². The standard InChI is InChI=1S/C34H40F6N8O3/c35-33(36,37)25-18-21(19-26(28(25)41)34(38,39)40)20-27(30(49)46-14-8-23(9-15-46)45-12-4-5-13-45)42-31(50)47-16-10-24(11-17-47)48-32(51)43-29(44-48)22-6-2-1-3-7-22/h1-3,6-7,18-19,23-24,27H,4-5,8-17,20,41H2,(H,42,50)(H,43,44,51)/t27-/m1/s1. The summed E-state index contributed by atoms with van der Waals surface area (Å²) in [6.45, 7) is 2.94. The zero-order valence-corrected chi connectivity index (χ0v) is 27.8. The molecule has 0 unspecified atom stereocenters. The number of likely N-dealkylation sites (tertiary alicyclic amines) is 3. The van der Waals surface area contributed by atoms with Crippen LogP contribution in [-0.2, 0) is 23.6 Å². The van der Waals surface area contributed by atoms with Gasteiger partial charge in [-0.3, -0.25) is 9.78 Å². The molecular formula is C34H40F6N8O3. The lowest BCUT2D eigenvalue weighted by Crippen LogP contribution is -2.56. The third kappa shape index (κ3) is 8.18. The van der Waals surface area contributed by atoms with Crippen LogP contribution in [-0.4, -0.2) is 92.8 Å². The van der Waals surface area contributed by atoms with Crippen LogP contribution < -0.4 is 16.7 Å². The Labute approximate surface area is 289 Å². The molecule has 4 N–H and O–H groups in total. The fourth-order valence-electron chi connectivity index (χ4n) is 7.38. The SMILES string of the molecule is Nc1c(C(F)(F)F)cc(C[C@@H](NC(=O)N2CCC(n3nc(-c4ccccc4)[nH]c3=O)CC2)C(=O)N2CCC(N3CCCC3)CC2)cc1C(F)(F)F. The van der Waals surface area contributed by atoms with Crippen molar-refractivity contribution in [3.8, 4) is 11.4 Å². The first-order valence-corrected chi connectivity index (χ1v) is 17.1. The lowest BCUT2D eigenvalue weighted by molar-refractivity contribution is -0.141. The van der Waals surface area contributed by atoms with Gasteiger partial charge in [-0.15, -0.1) is 5.10 Å². The third-order valence-electron chi connectivity index (χ3n) is 10.1. The molecule has 6 rings (SSSR count). The number of alkyl halides is 6. The summed E-state index contributed by atoms with van der Waals surface area (Å²) in [5.74, 6) is -0.190. The highest BCUT2D eigenvalue weighted by Gasteiger charge is 2.42. The summed E-state index contributed by atoms with van der Waals surface area (Å²) >= 11 is 0. The second-order valence-corrected chi connectivity index (χ2v) is 13.4. The van der Waals surface area contributed by atoms with Gasteiger partial charge in [0.05, 0.1) is 22.9 Å². The zero-order chi connectivity index (χ0) is 36.5. The molecular weight excluding hydrogens is 682 g/mol. The highest BCUT2D eigenvalue weighted by atomic mass is 19.4. The van der Waals surface area contributed by atoms with E-state index in [9.17, 15) is 40.7 Å². The number of H-pyrrole nitrogens is 1. The fourth-order valence-corrected chi connectivity index (χ4v) is 7.38. The Hall–Kier alpha value is -4.54. The molecule has 3 aliphatic rings. The summed E-state index contributed by atoms with van der Waals surface area (Å²) in [6, 6.07) is 7.89. The van der Waals surface area contributed by atoms with Crippen LogP contribution in [0.15, 0.2) is 47.3 Å². The van der Waals surface area contributed by atoms with Crippen LogP contribution in [0.3, 0.4) is 0 Å². The van der Waals surface area contributed by atoms with Gasteiger partial charge < -0.3 is 25.8 Å². The second-order valence-electron chi connectivity index (χ2n) is 13.4. The Balaban J connectivity index is 1.19. The van der Waals surface area contributed by atoms with Crippen molar-refractivity contribution in [3.05, 3.63) is 69.6 Å². The van der Waals surface area contributed by atoms with Crippen molar-refractivity contribution in [1.29, 1.82) is 0 Å². The molecule has 1 atom stereocenters. The van der Waals surface area contributed by atoms with Crippen molar-refractivity contribution in [2.45, 2.75) is 75.4 Å². The largest absolute Gasteiger partial charge is 0.418 e. The average Bonchev–Trinajstić information content (AvgIpc) is 3.78. The maximum atomic E-state index is 13.9. The minimum Gasteiger partial charge on any atom is -0.398 e.